The summed E-state index contributed by atoms with van der Waals surface area (Å²) in [7, 11) is 0. The summed E-state index contributed by atoms with van der Waals surface area (Å²) in [6.07, 6.45) is 8.49. The van der Waals surface area contributed by atoms with Gasteiger partial charge in [0.15, 0.2) is 0 Å². The van der Waals surface area contributed by atoms with Gasteiger partial charge < -0.3 is 15.2 Å². The fourth-order valence-electron chi connectivity index (χ4n) is 4.88. The van der Waals surface area contributed by atoms with Crippen LogP contribution >= 0.6 is 0 Å². The average Bonchev–Trinajstić information content (AvgIpc) is 3.37. The molecule has 3 heterocycles. The van der Waals surface area contributed by atoms with Gasteiger partial charge in [0.25, 0.3) is 5.91 Å². The number of aromatic nitrogens is 2. The maximum atomic E-state index is 13.3. The van der Waals surface area contributed by atoms with Gasteiger partial charge in [-0.25, -0.2) is 0 Å². The number of H-pyrrole nitrogens is 1. The van der Waals surface area contributed by atoms with Gasteiger partial charge in [0.1, 0.15) is 0 Å². The summed E-state index contributed by atoms with van der Waals surface area (Å²) in [5.41, 5.74) is 2.57. The molecule has 2 aliphatic rings. The number of fused-ring (bicyclic) bond motifs is 1. The van der Waals surface area contributed by atoms with Gasteiger partial charge in [-0.2, -0.15) is 0 Å². The molecule has 0 radical (unpaired) electrons. The summed E-state index contributed by atoms with van der Waals surface area (Å²) in [6.45, 7) is 1.62. The number of nitrogens with zero attached hydrogens (tertiary/aromatic N) is 2. The van der Waals surface area contributed by atoms with Crippen molar-refractivity contribution in [3.8, 4) is 0 Å². The molecule has 29 heavy (non-hydrogen) atoms. The average molecular weight is 388 g/mol. The molecule has 1 aliphatic heterocycles. The maximum Gasteiger partial charge on any atom is 0.254 e. The number of aromatic amines is 1. The van der Waals surface area contributed by atoms with E-state index in [1.54, 1.807) is 12.4 Å². The molecule has 1 atom stereocenters. The van der Waals surface area contributed by atoms with Crippen molar-refractivity contribution < 1.29 is 9.59 Å². The highest BCUT2D eigenvalue weighted by atomic mass is 16.2. The number of rotatable bonds is 4. The van der Waals surface area contributed by atoms with Gasteiger partial charge in [0.2, 0.25) is 5.91 Å². The van der Waals surface area contributed by atoms with Crippen LogP contribution in [0, 0.1) is 11.3 Å². The summed E-state index contributed by atoms with van der Waals surface area (Å²) >= 11 is 0. The molecule has 148 valence electrons. The Bertz CT molecular complexity index is 1050. The third-order valence-electron chi connectivity index (χ3n) is 6.62. The summed E-state index contributed by atoms with van der Waals surface area (Å²) in [4.78, 5) is 35.5. The molecule has 1 saturated heterocycles. The Balaban J connectivity index is 1.34. The minimum absolute atomic E-state index is 0.0176. The normalized spacial score (nSPS) is 20.0. The second kappa shape index (κ2) is 7.03. The molecule has 3 aromatic rings. The van der Waals surface area contributed by atoms with E-state index in [1.807, 2.05) is 47.5 Å². The van der Waals surface area contributed by atoms with Gasteiger partial charge in [-0.3, -0.25) is 14.6 Å². The lowest BCUT2D eigenvalue weighted by molar-refractivity contribution is -0.129. The van der Waals surface area contributed by atoms with Crippen LogP contribution in [0.15, 0.2) is 55.0 Å². The van der Waals surface area contributed by atoms with Crippen molar-refractivity contribution in [1.29, 1.82) is 0 Å². The molecule has 2 fully saturated rings. The van der Waals surface area contributed by atoms with E-state index >= 15 is 0 Å². The van der Waals surface area contributed by atoms with E-state index in [0.29, 0.717) is 25.2 Å². The lowest BCUT2D eigenvalue weighted by atomic mass is 9.62. The van der Waals surface area contributed by atoms with E-state index in [0.717, 1.165) is 35.7 Å². The molecule has 2 amide bonds. The smallest absolute Gasteiger partial charge is 0.254 e. The highest BCUT2D eigenvalue weighted by Gasteiger charge is 2.54. The van der Waals surface area contributed by atoms with Crippen LogP contribution < -0.4 is 5.32 Å². The number of pyridine rings is 1. The SMILES string of the molecule is O=C(NCc1cccnc1)C1CN(C(=O)c2cccc3[nH]ccc23)CC12CCC2. The molecule has 1 saturated carbocycles. The van der Waals surface area contributed by atoms with Crippen molar-refractivity contribution >= 4 is 22.7 Å². The van der Waals surface area contributed by atoms with Crippen molar-refractivity contribution in [1.82, 2.24) is 20.2 Å². The van der Waals surface area contributed by atoms with Crippen LogP contribution in [0.2, 0.25) is 0 Å². The number of nitrogens with one attached hydrogen (secondary N) is 2. The maximum absolute atomic E-state index is 13.3. The van der Waals surface area contributed by atoms with E-state index in [1.165, 1.54) is 0 Å². The molecule has 6 nitrogen and oxygen atoms in total. The van der Waals surface area contributed by atoms with Crippen molar-refractivity contribution in [3.05, 3.63) is 66.1 Å². The van der Waals surface area contributed by atoms with Crippen molar-refractivity contribution in [2.75, 3.05) is 13.1 Å². The van der Waals surface area contributed by atoms with Crippen LogP contribution in [0.5, 0.6) is 0 Å². The molecule has 1 spiro atoms. The largest absolute Gasteiger partial charge is 0.361 e. The fraction of sp³-hybridized carbons (Fsp3) is 0.348. The number of benzene rings is 1. The summed E-state index contributed by atoms with van der Waals surface area (Å²) < 4.78 is 0. The molecule has 1 unspecified atom stereocenters. The minimum Gasteiger partial charge on any atom is -0.361 e. The third kappa shape index (κ3) is 3.09. The number of carbonyl (C=O) groups excluding carboxylic acids is 2. The molecule has 0 bridgehead atoms. The van der Waals surface area contributed by atoms with E-state index in [9.17, 15) is 9.59 Å². The minimum atomic E-state index is -0.151. The van der Waals surface area contributed by atoms with Gasteiger partial charge in [0.05, 0.1) is 5.92 Å². The lowest BCUT2D eigenvalue weighted by Gasteiger charge is -2.41. The van der Waals surface area contributed by atoms with Crippen molar-refractivity contribution in [3.63, 3.8) is 0 Å². The zero-order valence-corrected chi connectivity index (χ0v) is 16.2. The van der Waals surface area contributed by atoms with Crippen molar-refractivity contribution in [2.45, 2.75) is 25.8 Å². The number of hydrogen-bond donors (Lipinski definition) is 2. The quantitative estimate of drug-likeness (QED) is 0.721. The molecule has 2 N–H and O–H groups in total. The number of likely N-dealkylation sites (tertiary alicyclic amines) is 1. The van der Waals surface area contributed by atoms with Gasteiger partial charge >= 0.3 is 0 Å². The van der Waals surface area contributed by atoms with E-state index in [-0.39, 0.29) is 23.1 Å². The Morgan fingerprint density at radius 3 is 2.86 bits per heavy atom. The lowest BCUT2D eigenvalue weighted by Crippen LogP contribution is -2.45. The van der Waals surface area contributed by atoms with Crippen LogP contribution in [-0.4, -0.2) is 39.8 Å². The molecule has 5 rings (SSSR count). The first kappa shape index (κ1) is 17.9. The van der Waals surface area contributed by atoms with Crippen LogP contribution in [0.4, 0.5) is 0 Å². The molecule has 1 aromatic carbocycles. The number of amides is 2. The fourth-order valence-corrected chi connectivity index (χ4v) is 4.88. The van der Waals surface area contributed by atoms with Crippen LogP contribution in [0.3, 0.4) is 0 Å². The molecular formula is C23H24N4O2. The Labute approximate surface area is 169 Å². The molecule has 6 heteroatoms. The Morgan fingerprint density at radius 1 is 1.21 bits per heavy atom. The van der Waals surface area contributed by atoms with Gasteiger partial charge in [-0.05, 0) is 42.7 Å². The summed E-state index contributed by atoms with van der Waals surface area (Å²) in [5.74, 6) is -0.0879. The number of carbonyl (C=O) groups is 2. The topological polar surface area (TPSA) is 78.1 Å². The van der Waals surface area contributed by atoms with Crippen LogP contribution in [0.1, 0.15) is 35.2 Å². The predicted octanol–water partition coefficient (Wildman–Crippen LogP) is 3.12. The Kier molecular flexibility index (Phi) is 4.34. The Morgan fingerprint density at radius 2 is 2.10 bits per heavy atom. The molecule has 1 aliphatic carbocycles. The second-order valence-corrected chi connectivity index (χ2v) is 8.28. The first-order chi connectivity index (χ1) is 14.2. The van der Waals surface area contributed by atoms with E-state index < -0.39 is 0 Å². The first-order valence-electron chi connectivity index (χ1n) is 10.2. The molecule has 2 aromatic heterocycles. The zero-order chi connectivity index (χ0) is 19.8. The van der Waals surface area contributed by atoms with Gasteiger partial charge in [0, 0.05) is 60.1 Å². The highest BCUT2D eigenvalue weighted by molar-refractivity contribution is 6.06. The highest BCUT2D eigenvalue weighted by Crippen LogP contribution is 2.52. The molecular weight excluding hydrogens is 364 g/mol. The van der Waals surface area contributed by atoms with Crippen LogP contribution in [-0.2, 0) is 11.3 Å². The summed E-state index contributed by atoms with van der Waals surface area (Å²) in [5, 5.41) is 4.00. The zero-order valence-electron chi connectivity index (χ0n) is 16.2. The van der Waals surface area contributed by atoms with Crippen LogP contribution in [0.25, 0.3) is 10.9 Å². The van der Waals surface area contributed by atoms with Gasteiger partial charge in [-0.15, -0.1) is 0 Å². The standard InChI is InChI=1S/C23H24N4O2/c28-21(26-13-16-4-2-10-24-12-16)19-14-27(15-23(19)8-3-9-23)22(29)18-5-1-6-20-17(18)7-11-25-20/h1-2,4-7,10-12,19,25H,3,8-9,13-15H2,(H,26,28). The third-order valence-corrected chi connectivity index (χ3v) is 6.62. The van der Waals surface area contributed by atoms with E-state index in [4.69, 9.17) is 0 Å². The second-order valence-electron chi connectivity index (χ2n) is 8.28. The van der Waals surface area contributed by atoms with E-state index in [2.05, 4.69) is 15.3 Å². The monoisotopic (exact) mass is 388 g/mol. The number of hydrogen-bond acceptors (Lipinski definition) is 3. The van der Waals surface area contributed by atoms with Gasteiger partial charge in [-0.1, -0.05) is 18.6 Å². The van der Waals surface area contributed by atoms with Crippen molar-refractivity contribution in [2.24, 2.45) is 11.3 Å². The Hall–Kier alpha value is -3.15. The summed E-state index contributed by atoms with van der Waals surface area (Å²) in [6, 6.07) is 11.5. The predicted molar refractivity (Wildman–Crippen MR) is 110 cm³/mol. The first-order valence-corrected chi connectivity index (χ1v) is 10.2.